The van der Waals surface area contributed by atoms with Crippen LogP contribution in [0.3, 0.4) is 0 Å². The third kappa shape index (κ3) is 3.17. The number of nitriles is 1. The lowest BCUT2D eigenvalue weighted by atomic mass is 9.75. The molecule has 1 aromatic rings. The SMILES string of the molecule is CCCOc1c(OC)ccc(B2OC(C)(C)C(C)(C)O2)c1C#N. The maximum atomic E-state index is 9.64. The minimum absolute atomic E-state index is 0.399. The molecule has 2 rings (SSSR count). The van der Waals surface area contributed by atoms with Crippen molar-refractivity contribution in [3.63, 3.8) is 0 Å². The molecule has 0 aliphatic carbocycles. The summed E-state index contributed by atoms with van der Waals surface area (Å²) in [5, 5.41) is 9.64. The summed E-state index contributed by atoms with van der Waals surface area (Å²) < 4.78 is 23.2. The molecular weight excluding hydrogens is 293 g/mol. The molecule has 5 nitrogen and oxygen atoms in total. The van der Waals surface area contributed by atoms with Gasteiger partial charge in [0.15, 0.2) is 11.5 Å². The lowest BCUT2D eigenvalue weighted by molar-refractivity contribution is 0.00578. The van der Waals surface area contributed by atoms with Crippen LogP contribution >= 0.6 is 0 Å². The second-order valence-electron chi connectivity index (χ2n) is 6.61. The molecule has 0 aromatic heterocycles. The van der Waals surface area contributed by atoms with Crippen molar-refractivity contribution in [3.05, 3.63) is 17.7 Å². The number of ether oxygens (including phenoxy) is 2. The van der Waals surface area contributed by atoms with Gasteiger partial charge in [0.2, 0.25) is 0 Å². The van der Waals surface area contributed by atoms with Gasteiger partial charge in [0.1, 0.15) is 6.07 Å². The van der Waals surface area contributed by atoms with Crippen molar-refractivity contribution in [1.29, 1.82) is 5.26 Å². The molecule has 1 aliphatic rings. The summed E-state index contributed by atoms with van der Waals surface area (Å²) in [7, 11) is 0.952. The molecule has 1 saturated heterocycles. The van der Waals surface area contributed by atoms with Gasteiger partial charge >= 0.3 is 7.12 Å². The predicted octanol–water partition coefficient (Wildman–Crippen LogP) is 2.65. The van der Waals surface area contributed by atoms with Crippen LogP contribution < -0.4 is 14.9 Å². The number of hydrogen-bond acceptors (Lipinski definition) is 5. The lowest BCUT2D eigenvalue weighted by Gasteiger charge is -2.32. The van der Waals surface area contributed by atoms with E-state index < -0.39 is 18.3 Å². The maximum Gasteiger partial charge on any atom is 0.496 e. The van der Waals surface area contributed by atoms with Gasteiger partial charge in [-0.25, -0.2) is 0 Å². The monoisotopic (exact) mass is 317 g/mol. The molecule has 1 heterocycles. The molecule has 0 spiro atoms. The van der Waals surface area contributed by atoms with Crippen LogP contribution in [0.5, 0.6) is 11.5 Å². The Morgan fingerprint density at radius 2 is 1.78 bits per heavy atom. The summed E-state index contributed by atoms with van der Waals surface area (Å²) >= 11 is 0. The number of benzene rings is 1. The highest BCUT2D eigenvalue weighted by molar-refractivity contribution is 6.63. The van der Waals surface area contributed by atoms with Crippen molar-refractivity contribution < 1.29 is 18.8 Å². The van der Waals surface area contributed by atoms with Crippen LogP contribution in [0.2, 0.25) is 0 Å². The average molecular weight is 317 g/mol. The Bertz CT molecular complexity index is 606. The van der Waals surface area contributed by atoms with Gasteiger partial charge in [0.05, 0.1) is 30.5 Å². The van der Waals surface area contributed by atoms with E-state index in [9.17, 15) is 5.26 Å². The topological polar surface area (TPSA) is 60.7 Å². The fourth-order valence-corrected chi connectivity index (χ4v) is 2.37. The highest BCUT2D eigenvalue weighted by Gasteiger charge is 2.52. The van der Waals surface area contributed by atoms with Crippen molar-refractivity contribution in [2.45, 2.75) is 52.2 Å². The zero-order chi connectivity index (χ0) is 17.3. The Balaban J connectivity index is 2.46. The van der Waals surface area contributed by atoms with Gasteiger partial charge in [-0.15, -0.1) is 0 Å². The molecule has 1 aliphatic heterocycles. The molecule has 1 aromatic carbocycles. The van der Waals surface area contributed by atoms with E-state index in [0.29, 0.717) is 29.1 Å². The van der Waals surface area contributed by atoms with Crippen LogP contribution in [0.1, 0.15) is 46.6 Å². The molecule has 0 amide bonds. The molecule has 23 heavy (non-hydrogen) atoms. The third-order valence-electron chi connectivity index (χ3n) is 4.44. The van der Waals surface area contributed by atoms with E-state index in [4.69, 9.17) is 18.8 Å². The Labute approximate surface area is 138 Å². The van der Waals surface area contributed by atoms with E-state index in [1.807, 2.05) is 34.6 Å². The van der Waals surface area contributed by atoms with Crippen LogP contribution in [-0.2, 0) is 9.31 Å². The molecule has 0 N–H and O–H groups in total. The second kappa shape index (κ2) is 6.42. The lowest BCUT2D eigenvalue weighted by Crippen LogP contribution is -2.41. The van der Waals surface area contributed by atoms with E-state index in [1.165, 1.54) is 0 Å². The first-order chi connectivity index (χ1) is 10.8. The van der Waals surface area contributed by atoms with E-state index in [2.05, 4.69) is 6.07 Å². The summed E-state index contributed by atoms with van der Waals surface area (Å²) in [6, 6.07) is 5.80. The first-order valence-electron chi connectivity index (χ1n) is 7.86. The third-order valence-corrected chi connectivity index (χ3v) is 4.44. The average Bonchev–Trinajstić information content (AvgIpc) is 2.72. The highest BCUT2D eigenvalue weighted by atomic mass is 16.7. The summed E-state index contributed by atoms with van der Waals surface area (Å²) in [6.07, 6.45) is 0.842. The highest BCUT2D eigenvalue weighted by Crippen LogP contribution is 2.38. The van der Waals surface area contributed by atoms with Crippen LogP contribution in [0, 0.1) is 11.3 Å². The zero-order valence-electron chi connectivity index (χ0n) is 14.7. The van der Waals surface area contributed by atoms with E-state index in [0.717, 1.165) is 6.42 Å². The van der Waals surface area contributed by atoms with Gasteiger partial charge in [-0.1, -0.05) is 13.0 Å². The van der Waals surface area contributed by atoms with Gasteiger partial charge in [0.25, 0.3) is 0 Å². The smallest absolute Gasteiger partial charge is 0.493 e. The van der Waals surface area contributed by atoms with E-state index >= 15 is 0 Å². The fourth-order valence-electron chi connectivity index (χ4n) is 2.37. The van der Waals surface area contributed by atoms with Gasteiger partial charge in [-0.3, -0.25) is 0 Å². The Kier molecular flexibility index (Phi) is 4.93. The minimum Gasteiger partial charge on any atom is -0.493 e. The first kappa shape index (κ1) is 17.6. The van der Waals surface area contributed by atoms with Gasteiger partial charge in [0, 0.05) is 5.46 Å². The second-order valence-corrected chi connectivity index (χ2v) is 6.61. The Morgan fingerprint density at radius 3 is 2.26 bits per heavy atom. The standard InChI is InChI=1S/C17H24BNO4/c1-7-10-21-15-12(11-19)13(8-9-14(15)20-6)18-22-16(2,3)17(4,5)23-18/h8-9H,7,10H2,1-6H3. The quantitative estimate of drug-likeness (QED) is 0.781. The minimum atomic E-state index is -0.607. The van der Waals surface area contributed by atoms with Crippen LogP contribution in [-0.4, -0.2) is 32.0 Å². The molecule has 0 saturated carbocycles. The maximum absolute atomic E-state index is 9.64. The van der Waals surface area contributed by atoms with Crippen molar-refractivity contribution in [2.75, 3.05) is 13.7 Å². The van der Waals surface area contributed by atoms with Crippen LogP contribution in [0.15, 0.2) is 12.1 Å². The first-order valence-corrected chi connectivity index (χ1v) is 7.86. The molecule has 124 valence electrons. The largest absolute Gasteiger partial charge is 0.496 e. The van der Waals surface area contributed by atoms with Crippen molar-refractivity contribution >= 4 is 12.6 Å². The number of nitrogens with zero attached hydrogens (tertiary/aromatic N) is 1. The van der Waals surface area contributed by atoms with Crippen LogP contribution in [0.4, 0.5) is 0 Å². The molecule has 0 atom stereocenters. The molecule has 6 heteroatoms. The van der Waals surface area contributed by atoms with Gasteiger partial charge < -0.3 is 18.8 Å². The van der Waals surface area contributed by atoms with Crippen molar-refractivity contribution in [1.82, 2.24) is 0 Å². The Morgan fingerprint density at radius 1 is 1.17 bits per heavy atom. The number of hydrogen-bond donors (Lipinski definition) is 0. The molecular formula is C17H24BNO4. The molecule has 0 bridgehead atoms. The van der Waals surface area contributed by atoms with Crippen molar-refractivity contribution in [2.24, 2.45) is 0 Å². The normalized spacial score (nSPS) is 18.6. The number of rotatable bonds is 5. The zero-order valence-corrected chi connectivity index (χ0v) is 14.7. The Hall–Kier alpha value is -1.71. The summed E-state index contributed by atoms with van der Waals surface area (Å²) in [5.41, 5.74) is 0.137. The molecule has 0 unspecified atom stereocenters. The predicted molar refractivity (Wildman–Crippen MR) is 89.2 cm³/mol. The van der Waals surface area contributed by atoms with Crippen molar-refractivity contribution in [3.8, 4) is 17.6 Å². The number of methoxy groups -OCH3 is 1. The summed E-state index contributed by atoms with van der Waals surface area (Å²) in [5.74, 6) is 0.985. The molecule has 0 radical (unpaired) electrons. The fraction of sp³-hybridized carbons (Fsp3) is 0.588. The van der Waals surface area contributed by atoms with E-state index in [-0.39, 0.29) is 0 Å². The van der Waals surface area contributed by atoms with Gasteiger partial charge in [-0.2, -0.15) is 5.26 Å². The molecule has 1 fully saturated rings. The summed E-state index contributed by atoms with van der Waals surface area (Å²) in [6.45, 7) is 10.5. The van der Waals surface area contributed by atoms with Crippen LogP contribution in [0.25, 0.3) is 0 Å². The van der Waals surface area contributed by atoms with Gasteiger partial charge in [-0.05, 0) is 40.2 Å². The van der Waals surface area contributed by atoms with E-state index in [1.54, 1.807) is 19.2 Å². The summed E-state index contributed by atoms with van der Waals surface area (Å²) in [4.78, 5) is 0.